The van der Waals surface area contributed by atoms with Gasteiger partial charge in [0.2, 0.25) is 5.71 Å². The van der Waals surface area contributed by atoms with E-state index in [2.05, 4.69) is 62.2 Å². The van der Waals surface area contributed by atoms with Gasteiger partial charge in [-0.25, -0.2) is 0 Å². The van der Waals surface area contributed by atoms with E-state index < -0.39 is 0 Å². The first-order chi connectivity index (χ1) is 18.1. The van der Waals surface area contributed by atoms with Crippen molar-refractivity contribution in [2.75, 3.05) is 0 Å². The molecule has 0 saturated carbocycles. The summed E-state index contributed by atoms with van der Waals surface area (Å²) in [6, 6.07) is 20.1. The Morgan fingerprint density at radius 3 is 2.23 bits per heavy atom. The van der Waals surface area contributed by atoms with E-state index in [0.717, 1.165) is 47.7 Å². The van der Waals surface area contributed by atoms with E-state index in [1.165, 1.54) is 17.0 Å². The van der Waals surface area contributed by atoms with Gasteiger partial charge in [-0.1, -0.05) is 89.7 Å². The summed E-state index contributed by atoms with van der Waals surface area (Å²) in [5.41, 5.74) is 3.93. The molecule has 0 atom stereocenters. The van der Waals surface area contributed by atoms with Crippen molar-refractivity contribution in [3.63, 3.8) is 0 Å². The van der Waals surface area contributed by atoms with Crippen molar-refractivity contribution in [1.82, 2.24) is 4.98 Å². The van der Waals surface area contributed by atoms with Crippen molar-refractivity contribution < 1.29 is 34.4 Å². The van der Waals surface area contributed by atoms with Crippen LogP contribution >= 0.6 is 0 Å². The minimum absolute atomic E-state index is 0. The number of ketones is 1. The molecule has 4 nitrogen and oxygen atoms in total. The summed E-state index contributed by atoms with van der Waals surface area (Å²) >= 11 is 0. The molecule has 2 aromatic carbocycles. The van der Waals surface area contributed by atoms with Crippen LogP contribution in [0.3, 0.4) is 0 Å². The molecule has 0 aliphatic carbocycles. The van der Waals surface area contributed by atoms with Gasteiger partial charge in [-0.3, -0.25) is 9.78 Å². The Balaban J connectivity index is 0.000000294. The summed E-state index contributed by atoms with van der Waals surface area (Å²) in [7, 11) is 0. The van der Waals surface area contributed by atoms with Crippen LogP contribution in [-0.2, 0) is 30.3 Å². The number of rotatable bonds is 8. The smallest absolute Gasteiger partial charge is 0.218 e. The molecule has 1 radical (unpaired) electrons. The molecule has 0 amide bonds. The molecule has 0 spiro atoms. The van der Waals surface area contributed by atoms with E-state index >= 15 is 0 Å². The van der Waals surface area contributed by atoms with Crippen LogP contribution < -0.4 is 0 Å². The van der Waals surface area contributed by atoms with Crippen LogP contribution in [-0.4, -0.2) is 15.9 Å². The predicted octanol–water partition coefficient (Wildman–Crippen LogP) is 9.61. The number of aliphatic hydroxyl groups excluding tert-OH is 1. The van der Waals surface area contributed by atoms with Crippen LogP contribution in [0.1, 0.15) is 79.7 Å². The Bertz CT molecular complexity index is 1390. The molecule has 4 aromatic rings. The molecular weight excluding hydrogens is 663 g/mol. The Kier molecular flexibility index (Phi) is 12.1. The van der Waals surface area contributed by atoms with Crippen molar-refractivity contribution in [2.45, 2.75) is 79.6 Å². The average Bonchev–Trinajstić information content (AvgIpc) is 3.37. The number of aliphatic hydroxyl groups is 1. The quantitative estimate of drug-likeness (QED) is 0.113. The van der Waals surface area contributed by atoms with Crippen molar-refractivity contribution in [3.05, 3.63) is 78.3 Å². The van der Waals surface area contributed by atoms with Gasteiger partial charge in [0, 0.05) is 49.1 Å². The van der Waals surface area contributed by atoms with Gasteiger partial charge in [0.05, 0.1) is 12.0 Å². The summed E-state index contributed by atoms with van der Waals surface area (Å²) in [6.45, 7) is 14.8. The molecule has 0 saturated heterocycles. The largest absolute Gasteiger partial charge is 0.512 e. The Morgan fingerprint density at radius 1 is 0.974 bits per heavy atom. The first kappa shape index (κ1) is 32.5. The van der Waals surface area contributed by atoms with Gasteiger partial charge >= 0.3 is 0 Å². The molecule has 2 heterocycles. The zero-order valence-corrected chi connectivity index (χ0v) is 26.7. The third kappa shape index (κ3) is 8.13. The third-order valence-electron chi connectivity index (χ3n) is 7.26. The predicted molar refractivity (Wildman–Crippen MR) is 158 cm³/mol. The zero-order chi connectivity index (χ0) is 27.9. The van der Waals surface area contributed by atoms with Gasteiger partial charge in [0.15, 0.2) is 5.78 Å². The average molecular weight is 705 g/mol. The number of carbonyl (C=O) groups is 1. The topological polar surface area (TPSA) is 63.3 Å². The Morgan fingerprint density at radius 2 is 1.62 bits per heavy atom. The summed E-state index contributed by atoms with van der Waals surface area (Å²) < 4.78 is 5.44. The van der Waals surface area contributed by atoms with E-state index in [1.807, 2.05) is 45.9 Å². The summed E-state index contributed by atoms with van der Waals surface area (Å²) in [5.74, 6) is 0.547. The SMILES string of the molecule is CC(C)(C)c1cc(-c2ccc3ccoc3n2)[c-]c2ccccc12.CCC(CC)C(=O)/C=C(\O)C(CC)CC.[Ir]. The Labute approximate surface area is 247 Å². The first-order valence-electron chi connectivity index (χ1n) is 13.9. The van der Waals surface area contributed by atoms with E-state index in [9.17, 15) is 9.90 Å². The minimum atomic E-state index is 0. The standard InChI is InChI=1S/C21H18NO.C13H24O2.Ir/c1-21(2,3)18-13-16(12-15-6-4-5-7-17(15)18)19-9-8-14-10-11-23-20(14)22-19;1-5-10(6-2)12(14)9-13(15)11(7-3)8-4;/h4-11,13H,1-3H3;9-11,14H,5-8H2,1-4H3;/q-1;;/b;12-9-;. The van der Waals surface area contributed by atoms with E-state index in [1.54, 1.807) is 6.26 Å². The van der Waals surface area contributed by atoms with Crippen LogP contribution in [0, 0.1) is 17.9 Å². The maximum absolute atomic E-state index is 11.7. The number of hydrogen-bond acceptors (Lipinski definition) is 4. The number of benzene rings is 2. The maximum Gasteiger partial charge on any atom is 0.218 e. The fourth-order valence-electron chi connectivity index (χ4n) is 4.76. The fourth-order valence-corrected chi connectivity index (χ4v) is 4.76. The summed E-state index contributed by atoms with van der Waals surface area (Å²) in [6.07, 6.45) is 6.58. The van der Waals surface area contributed by atoms with Crippen LogP contribution in [0.4, 0.5) is 0 Å². The normalized spacial score (nSPS) is 12.0. The van der Waals surface area contributed by atoms with Gasteiger partial charge in [-0.15, -0.1) is 29.1 Å². The number of hydrogen-bond donors (Lipinski definition) is 1. The van der Waals surface area contributed by atoms with Gasteiger partial charge in [-0.2, -0.15) is 0 Å². The number of pyridine rings is 1. The minimum Gasteiger partial charge on any atom is -0.512 e. The third-order valence-corrected chi connectivity index (χ3v) is 7.26. The maximum atomic E-state index is 11.7. The number of furan rings is 1. The number of fused-ring (bicyclic) bond motifs is 2. The van der Waals surface area contributed by atoms with E-state index in [-0.39, 0.29) is 48.9 Å². The van der Waals surface area contributed by atoms with Crippen LogP contribution in [0.25, 0.3) is 33.1 Å². The molecule has 0 aliphatic rings. The summed E-state index contributed by atoms with van der Waals surface area (Å²) in [4.78, 5) is 16.4. The van der Waals surface area contributed by atoms with Gasteiger partial charge in [-0.05, 0) is 37.2 Å². The van der Waals surface area contributed by atoms with E-state index in [0.29, 0.717) is 5.71 Å². The van der Waals surface area contributed by atoms with Crippen LogP contribution in [0.2, 0.25) is 0 Å². The van der Waals surface area contributed by atoms with Crippen molar-refractivity contribution in [1.29, 1.82) is 0 Å². The molecule has 2 aromatic heterocycles. The fraction of sp³-hybridized carbons (Fsp3) is 0.412. The number of carbonyl (C=O) groups excluding carboxylic acids is 1. The second-order valence-electron chi connectivity index (χ2n) is 10.9. The molecule has 0 aliphatic heterocycles. The number of nitrogens with zero attached hydrogens (tertiary/aromatic N) is 1. The van der Waals surface area contributed by atoms with Crippen LogP contribution in [0.15, 0.2) is 71.0 Å². The Hall–Kier alpha value is -2.75. The molecule has 211 valence electrons. The molecular formula is C34H42IrNO3-. The number of aromatic nitrogens is 1. The first-order valence-corrected chi connectivity index (χ1v) is 13.9. The molecule has 0 fully saturated rings. The monoisotopic (exact) mass is 705 g/mol. The molecule has 4 rings (SSSR count). The number of allylic oxidation sites excluding steroid dienone is 2. The molecule has 0 unspecified atom stereocenters. The van der Waals surface area contributed by atoms with Crippen molar-refractivity contribution in [3.8, 4) is 11.3 Å². The van der Waals surface area contributed by atoms with Crippen LogP contribution in [0.5, 0.6) is 0 Å². The van der Waals surface area contributed by atoms with Gasteiger partial charge in [0.25, 0.3) is 0 Å². The summed E-state index contributed by atoms with van der Waals surface area (Å²) in [5, 5.41) is 13.2. The molecule has 39 heavy (non-hydrogen) atoms. The van der Waals surface area contributed by atoms with Crippen molar-refractivity contribution >= 4 is 27.7 Å². The van der Waals surface area contributed by atoms with Crippen molar-refractivity contribution in [2.24, 2.45) is 11.8 Å². The second-order valence-corrected chi connectivity index (χ2v) is 10.9. The second kappa shape index (κ2) is 14.6. The zero-order valence-electron chi connectivity index (χ0n) is 24.3. The molecule has 0 bridgehead atoms. The van der Waals surface area contributed by atoms with E-state index in [4.69, 9.17) is 4.42 Å². The molecule has 5 heteroatoms. The van der Waals surface area contributed by atoms with Gasteiger partial charge < -0.3 is 9.52 Å². The molecule has 1 N–H and O–H groups in total. The van der Waals surface area contributed by atoms with Gasteiger partial charge in [0.1, 0.15) is 0 Å².